The highest BCUT2D eigenvalue weighted by molar-refractivity contribution is 5.92. The summed E-state index contributed by atoms with van der Waals surface area (Å²) in [6.45, 7) is 8.72. The van der Waals surface area contributed by atoms with Gasteiger partial charge in [-0.15, -0.1) is 0 Å². The van der Waals surface area contributed by atoms with Gasteiger partial charge in [-0.2, -0.15) is 0 Å². The van der Waals surface area contributed by atoms with Crippen LogP contribution in [0.1, 0.15) is 33.3 Å². The molecular weight excluding hydrogens is 312 g/mol. The molecule has 0 saturated carbocycles. The molecule has 0 radical (unpaired) electrons. The van der Waals surface area contributed by atoms with Crippen molar-refractivity contribution in [3.05, 3.63) is 48.2 Å². The highest BCUT2D eigenvalue weighted by atomic mass is 16.1. The fourth-order valence-corrected chi connectivity index (χ4v) is 2.19. The van der Waals surface area contributed by atoms with Gasteiger partial charge in [-0.3, -0.25) is 4.79 Å². The Labute approximate surface area is 150 Å². The minimum absolute atomic E-state index is 0.0196. The van der Waals surface area contributed by atoms with E-state index in [2.05, 4.69) is 40.4 Å². The van der Waals surface area contributed by atoms with Gasteiger partial charge in [-0.05, 0) is 43.7 Å². The van der Waals surface area contributed by atoms with Crippen LogP contribution in [0.5, 0.6) is 0 Å². The molecule has 5 nitrogen and oxygen atoms in total. The number of anilines is 3. The zero-order valence-electron chi connectivity index (χ0n) is 15.7. The quantitative estimate of drug-likeness (QED) is 0.795. The number of amides is 1. The average Bonchev–Trinajstić information content (AvgIpc) is 2.60. The van der Waals surface area contributed by atoms with E-state index in [-0.39, 0.29) is 11.8 Å². The predicted octanol–water partition coefficient (Wildman–Crippen LogP) is 4.13. The molecule has 1 heterocycles. The summed E-state index contributed by atoms with van der Waals surface area (Å²) in [5.41, 5.74) is 2.87. The minimum Gasteiger partial charge on any atom is -0.381 e. The SMILES string of the molecule is CC(C)C(=O)Nc1cccc(NCc2ccc(N(C)C(C)C)nc2)c1. The summed E-state index contributed by atoms with van der Waals surface area (Å²) in [5.74, 6) is 0.952. The van der Waals surface area contributed by atoms with Crippen LogP contribution in [0.15, 0.2) is 42.6 Å². The molecule has 2 rings (SSSR count). The standard InChI is InChI=1S/C20H28N4O/c1-14(2)20(25)23-18-8-6-7-17(11-18)21-12-16-9-10-19(22-13-16)24(5)15(3)4/h6-11,13-15,21H,12H2,1-5H3,(H,23,25). The molecule has 0 saturated heterocycles. The maximum atomic E-state index is 11.8. The summed E-state index contributed by atoms with van der Waals surface area (Å²) in [6.07, 6.45) is 1.89. The van der Waals surface area contributed by atoms with Gasteiger partial charge in [0, 0.05) is 43.1 Å². The van der Waals surface area contributed by atoms with E-state index in [4.69, 9.17) is 0 Å². The van der Waals surface area contributed by atoms with E-state index < -0.39 is 0 Å². The number of rotatable bonds is 7. The van der Waals surface area contributed by atoms with Crippen LogP contribution >= 0.6 is 0 Å². The Morgan fingerprint density at radius 3 is 2.44 bits per heavy atom. The maximum absolute atomic E-state index is 11.8. The van der Waals surface area contributed by atoms with Crippen molar-refractivity contribution in [3.63, 3.8) is 0 Å². The first kappa shape index (κ1) is 18.8. The number of benzene rings is 1. The monoisotopic (exact) mass is 340 g/mol. The van der Waals surface area contributed by atoms with Crippen molar-refractivity contribution < 1.29 is 4.79 Å². The minimum atomic E-state index is -0.0369. The third-order valence-corrected chi connectivity index (χ3v) is 4.10. The molecule has 0 aliphatic carbocycles. The molecule has 0 fully saturated rings. The van der Waals surface area contributed by atoms with Crippen molar-refractivity contribution in [2.45, 2.75) is 40.3 Å². The smallest absolute Gasteiger partial charge is 0.226 e. The number of nitrogens with one attached hydrogen (secondary N) is 2. The van der Waals surface area contributed by atoms with Crippen molar-refractivity contribution >= 4 is 23.1 Å². The normalized spacial score (nSPS) is 10.8. The number of aromatic nitrogens is 1. The Kier molecular flexibility index (Phi) is 6.39. The average molecular weight is 340 g/mol. The van der Waals surface area contributed by atoms with E-state index in [0.717, 1.165) is 22.8 Å². The second-order valence-corrected chi connectivity index (χ2v) is 6.81. The second-order valence-electron chi connectivity index (χ2n) is 6.81. The van der Waals surface area contributed by atoms with Crippen LogP contribution in [0.2, 0.25) is 0 Å². The lowest BCUT2D eigenvalue weighted by molar-refractivity contribution is -0.118. The van der Waals surface area contributed by atoms with Gasteiger partial charge < -0.3 is 15.5 Å². The molecule has 0 spiro atoms. The Hall–Kier alpha value is -2.56. The summed E-state index contributed by atoms with van der Waals surface area (Å²) >= 11 is 0. The van der Waals surface area contributed by atoms with Gasteiger partial charge >= 0.3 is 0 Å². The summed E-state index contributed by atoms with van der Waals surface area (Å²) in [6, 6.07) is 12.3. The first-order valence-corrected chi connectivity index (χ1v) is 8.69. The lowest BCUT2D eigenvalue weighted by atomic mass is 10.2. The fourth-order valence-electron chi connectivity index (χ4n) is 2.19. The Morgan fingerprint density at radius 2 is 1.84 bits per heavy atom. The predicted molar refractivity (Wildman–Crippen MR) is 105 cm³/mol. The van der Waals surface area contributed by atoms with Crippen LogP contribution in [0.25, 0.3) is 0 Å². The van der Waals surface area contributed by atoms with Crippen molar-refractivity contribution in [1.82, 2.24) is 4.98 Å². The maximum Gasteiger partial charge on any atom is 0.226 e. The summed E-state index contributed by atoms with van der Waals surface area (Å²) < 4.78 is 0. The number of hydrogen-bond acceptors (Lipinski definition) is 4. The topological polar surface area (TPSA) is 57.3 Å². The molecule has 0 unspecified atom stereocenters. The zero-order chi connectivity index (χ0) is 18.4. The molecule has 0 aliphatic rings. The van der Waals surface area contributed by atoms with E-state index in [9.17, 15) is 4.79 Å². The molecule has 2 N–H and O–H groups in total. The number of carbonyl (C=O) groups is 1. The number of carbonyl (C=O) groups excluding carboxylic acids is 1. The van der Waals surface area contributed by atoms with Gasteiger partial charge in [-0.25, -0.2) is 4.98 Å². The molecule has 134 valence electrons. The van der Waals surface area contributed by atoms with E-state index in [1.54, 1.807) is 0 Å². The Bertz CT molecular complexity index is 695. The largest absolute Gasteiger partial charge is 0.381 e. The lowest BCUT2D eigenvalue weighted by Gasteiger charge is -2.22. The van der Waals surface area contributed by atoms with Crippen LogP contribution in [0.3, 0.4) is 0 Å². The van der Waals surface area contributed by atoms with Crippen molar-refractivity contribution in [1.29, 1.82) is 0 Å². The third-order valence-electron chi connectivity index (χ3n) is 4.10. The third kappa shape index (κ3) is 5.48. The Morgan fingerprint density at radius 1 is 1.12 bits per heavy atom. The Balaban J connectivity index is 1.96. The zero-order valence-corrected chi connectivity index (χ0v) is 15.7. The first-order valence-electron chi connectivity index (χ1n) is 8.69. The van der Waals surface area contributed by atoms with Crippen LogP contribution < -0.4 is 15.5 Å². The molecule has 1 aromatic carbocycles. The second kappa shape index (κ2) is 8.51. The highest BCUT2D eigenvalue weighted by Gasteiger charge is 2.08. The van der Waals surface area contributed by atoms with Crippen molar-refractivity contribution in [3.8, 4) is 0 Å². The number of nitrogens with zero attached hydrogens (tertiary/aromatic N) is 2. The number of pyridine rings is 1. The van der Waals surface area contributed by atoms with Crippen molar-refractivity contribution in [2.75, 3.05) is 22.6 Å². The summed E-state index contributed by atoms with van der Waals surface area (Å²) in [7, 11) is 2.04. The molecule has 0 atom stereocenters. The number of hydrogen-bond donors (Lipinski definition) is 2. The molecular formula is C20H28N4O. The summed E-state index contributed by atoms with van der Waals surface area (Å²) in [4.78, 5) is 18.4. The molecule has 0 aliphatic heterocycles. The van der Waals surface area contributed by atoms with Gasteiger partial charge in [0.2, 0.25) is 5.91 Å². The first-order chi connectivity index (χ1) is 11.9. The molecule has 5 heteroatoms. The van der Waals surface area contributed by atoms with Crippen LogP contribution in [-0.4, -0.2) is 24.0 Å². The lowest BCUT2D eigenvalue weighted by Crippen LogP contribution is -2.26. The van der Waals surface area contributed by atoms with Gasteiger partial charge in [0.05, 0.1) is 0 Å². The van der Waals surface area contributed by atoms with E-state index in [1.165, 1.54) is 0 Å². The molecule has 0 bridgehead atoms. The van der Waals surface area contributed by atoms with Gasteiger partial charge in [-0.1, -0.05) is 26.0 Å². The van der Waals surface area contributed by atoms with Gasteiger partial charge in [0.1, 0.15) is 5.82 Å². The van der Waals surface area contributed by atoms with Crippen molar-refractivity contribution in [2.24, 2.45) is 5.92 Å². The van der Waals surface area contributed by atoms with E-state index >= 15 is 0 Å². The van der Waals surface area contributed by atoms with Gasteiger partial charge in [0.25, 0.3) is 0 Å². The molecule has 1 amide bonds. The van der Waals surface area contributed by atoms with E-state index in [0.29, 0.717) is 12.6 Å². The van der Waals surface area contributed by atoms with Crippen LogP contribution in [0.4, 0.5) is 17.2 Å². The summed E-state index contributed by atoms with van der Waals surface area (Å²) in [5, 5.41) is 6.28. The highest BCUT2D eigenvalue weighted by Crippen LogP contribution is 2.18. The van der Waals surface area contributed by atoms with Crippen LogP contribution in [-0.2, 0) is 11.3 Å². The van der Waals surface area contributed by atoms with E-state index in [1.807, 2.05) is 57.4 Å². The molecule has 2 aromatic rings. The molecule has 25 heavy (non-hydrogen) atoms. The molecule has 1 aromatic heterocycles. The van der Waals surface area contributed by atoms with Gasteiger partial charge in [0.15, 0.2) is 0 Å². The van der Waals surface area contributed by atoms with Crippen LogP contribution in [0, 0.1) is 5.92 Å². The fraction of sp³-hybridized carbons (Fsp3) is 0.400.